The molecule has 0 aromatic carbocycles. The van der Waals surface area contributed by atoms with Crippen molar-refractivity contribution < 1.29 is 13.6 Å². The predicted octanol–water partition coefficient (Wildman–Crippen LogP) is 2.12. The summed E-state index contributed by atoms with van der Waals surface area (Å²) in [7, 11) is 0. The topological polar surface area (TPSA) is 38.1 Å². The highest BCUT2D eigenvalue weighted by Crippen LogP contribution is 2.28. The Morgan fingerprint density at radius 2 is 2.11 bits per heavy atom. The average molecular weight is 257 g/mol. The van der Waals surface area contributed by atoms with E-state index >= 15 is 0 Å². The van der Waals surface area contributed by atoms with Crippen molar-refractivity contribution in [2.75, 3.05) is 13.1 Å². The number of likely N-dealkylation sites (tertiary alicyclic amines) is 1. The van der Waals surface area contributed by atoms with Crippen LogP contribution in [0, 0.1) is 0 Å². The second-order valence-electron chi connectivity index (χ2n) is 5.68. The Kier molecular flexibility index (Phi) is 2.91. The van der Waals surface area contributed by atoms with Crippen LogP contribution in [0.2, 0.25) is 0 Å². The molecule has 1 saturated heterocycles. The molecule has 2 heterocycles. The van der Waals surface area contributed by atoms with Crippen molar-refractivity contribution in [3.63, 3.8) is 0 Å². The van der Waals surface area contributed by atoms with Crippen LogP contribution in [0.25, 0.3) is 0 Å². The van der Waals surface area contributed by atoms with Gasteiger partial charge in [0.2, 0.25) is 0 Å². The largest absolute Gasteiger partial charge is 0.332 e. The highest BCUT2D eigenvalue weighted by Gasteiger charge is 2.40. The third-order valence-electron chi connectivity index (χ3n) is 2.97. The van der Waals surface area contributed by atoms with E-state index in [0.29, 0.717) is 5.56 Å². The maximum absolute atomic E-state index is 13.1. The maximum Gasteiger partial charge on any atom is 0.267 e. The Labute approximate surface area is 105 Å². The van der Waals surface area contributed by atoms with E-state index in [0.717, 1.165) is 0 Å². The van der Waals surface area contributed by atoms with Gasteiger partial charge in [-0.3, -0.25) is 9.48 Å². The van der Waals surface area contributed by atoms with Crippen molar-refractivity contribution >= 4 is 5.91 Å². The molecule has 0 N–H and O–H groups in total. The molecular formula is C12H17F2N3O. The molecule has 1 fully saturated rings. The third kappa shape index (κ3) is 2.52. The fourth-order valence-corrected chi connectivity index (χ4v) is 1.89. The average Bonchev–Trinajstić information content (AvgIpc) is 2.82. The van der Waals surface area contributed by atoms with Gasteiger partial charge in [0.1, 0.15) is 0 Å². The standard InChI is InChI=1S/C12H17F2N3O/c1-11(2,3)17-7-9(6-15-17)10(18)16-5-4-12(13,14)8-16/h6-7H,4-5,8H2,1-3H3. The summed E-state index contributed by atoms with van der Waals surface area (Å²) in [5.74, 6) is -3.13. The van der Waals surface area contributed by atoms with E-state index in [2.05, 4.69) is 5.10 Å². The summed E-state index contributed by atoms with van der Waals surface area (Å²) in [6, 6.07) is 0. The lowest BCUT2D eigenvalue weighted by Gasteiger charge is -2.19. The molecule has 4 nitrogen and oxygen atoms in total. The molecule has 6 heteroatoms. The Bertz CT molecular complexity index is 462. The number of hydrogen-bond acceptors (Lipinski definition) is 2. The smallest absolute Gasteiger partial charge is 0.267 e. The van der Waals surface area contributed by atoms with Crippen molar-refractivity contribution in [1.82, 2.24) is 14.7 Å². The van der Waals surface area contributed by atoms with E-state index in [1.54, 1.807) is 10.9 Å². The van der Waals surface area contributed by atoms with E-state index in [4.69, 9.17) is 0 Å². The Balaban J connectivity index is 2.13. The third-order valence-corrected chi connectivity index (χ3v) is 2.97. The lowest BCUT2D eigenvalue weighted by Crippen LogP contribution is -2.31. The van der Waals surface area contributed by atoms with Crippen molar-refractivity contribution in [2.24, 2.45) is 0 Å². The van der Waals surface area contributed by atoms with Crippen LogP contribution in [0.3, 0.4) is 0 Å². The zero-order valence-corrected chi connectivity index (χ0v) is 10.8. The van der Waals surface area contributed by atoms with Gasteiger partial charge in [-0.05, 0) is 20.8 Å². The van der Waals surface area contributed by atoms with Gasteiger partial charge in [0.25, 0.3) is 11.8 Å². The molecule has 0 bridgehead atoms. The number of rotatable bonds is 1. The Morgan fingerprint density at radius 1 is 1.44 bits per heavy atom. The quantitative estimate of drug-likeness (QED) is 0.773. The molecule has 0 aliphatic carbocycles. The summed E-state index contributed by atoms with van der Waals surface area (Å²) in [5, 5.41) is 4.10. The molecule has 2 rings (SSSR count). The first-order chi connectivity index (χ1) is 8.19. The molecule has 1 aliphatic heterocycles. The van der Waals surface area contributed by atoms with Crippen molar-refractivity contribution in [3.8, 4) is 0 Å². The number of nitrogens with zero attached hydrogens (tertiary/aromatic N) is 3. The number of hydrogen-bond donors (Lipinski definition) is 0. The van der Waals surface area contributed by atoms with Crippen molar-refractivity contribution in [2.45, 2.75) is 38.7 Å². The molecule has 1 aromatic rings. The number of amides is 1. The fraction of sp³-hybridized carbons (Fsp3) is 0.667. The van der Waals surface area contributed by atoms with Crippen LogP contribution in [-0.2, 0) is 5.54 Å². The molecule has 0 atom stereocenters. The first-order valence-corrected chi connectivity index (χ1v) is 5.91. The summed E-state index contributed by atoms with van der Waals surface area (Å²) >= 11 is 0. The molecule has 1 amide bonds. The monoisotopic (exact) mass is 257 g/mol. The van der Waals surface area contributed by atoms with Crippen LogP contribution in [0.1, 0.15) is 37.6 Å². The summed E-state index contributed by atoms with van der Waals surface area (Å²) in [4.78, 5) is 13.2. The van der Waals surface area contributed by atoms with Gasteiger partial charge in [0, 0.05) is 19.2 Å². The summed E-state index contributed by atoms with van der Waals surface area (Å²) in [6.45, 7) is 5.48. The van der Waals surface area contributed by atoms with E-state index in [9.17, 15) is 13.6 Å². The molecule has 0 radical (unpaired) electrons. The van der Waals surface area contributed by atoms with Crippen molar-refractivity contribution in [3.05, 3.63) is 18.0 Å². The first kappa shape index (κ1) is 13.0. The fourth-order valence-electron chi connectivity index (χ4n) is 1.89. The van der Waals surface area contributed by atoms with Crippen LogP contribution < -0.4 is 0 Å². The summed E-state index contributed by atoms with van der Waals surface area (Å²) in [5.41, 5.74) is 0.135. The SMILES string of the molecule is CC(C)(C)n1cc(C(=O)N2CCC(F)(F)C2)cn1. The summed E-state index contributed by atoms with van der Waals surface area (Å²) < 4.78 is 27.8. The van der Waals surface area contributed by atoms with Gasteiger partial charge in [-0.15, -0.1) is 0 Å². The van der Waals surface area contributed by atoms with Gasteiger partial charge in [-0.25, -0.2) is 8.78 Å². The van der Waals surface area contributed by atoms with Crippen LogP contribution in [0.15, 0.2) is 12.4 Å². The van der Waals surface area contributed by atoms with Gasteiger partial charge in [0.05, 0.1) is 23.8 Å². The molecule has 100 valence electrons. The lowest BCUT2D eigenvalue weighted by atomic mass is 10.1. The van der Waals surface area contributed by atoms with Crippen LogP contribution in [0.4, 0.5) is 8.78 Å². The minimum atomic E-state index is -2.75. The Morgan fingerprint density at radius 3 is 2.56 bits per heavy atom. The second-order valence-corrected chi connectivity index (χ2v) is 5.68. The lowest BCUT2D eigenvalue weighted by molar-refractivity contribution is 0.0120. The number of alkyl halides is 2. The molecule has 0 spiro atoms. The zero-order chi connectivity index (χ0) is 13.6. The minimum absolute atomic E-state index is 0.104. The van der Waals surface area contributed by atoms with Crippen LogP contribution >= 0.6 is 0 Å². The van der Waals surface area contributed by atoms with Gasteiger partial charge in [-0.1, -0.05) is 0 Å². The predicted molar refractivity (Wildman–Crippen MR) is 62.7 cm³/mol. The van der Waals surface area contributed by atoms with E-state index in [-0.39, 0.29) is 24.4 Å². The van der Waals surface area contributed by atoms with Gasteiger partial charge >= 0.3 is 0 Å². The van der Waals surface area contributed by atoms with Gasteiger partial charge in [-0.2, -0.15) is 5.10 Å². The maximum atomic E-state index is 13.1. The highest BCUT2D eigenvalue weighted by atomic mass is 19.3. The second kappa shape index (κ2) is 4.03. The molecule has 18 heavy (non-hydrogen) atoms. The van der Waals surface area contributed by atoms with Crippen molar-refractivity contribution in [1.29, 1.82) is 0 Å². The zero-order valence-electron chi connectivity index (χ0n) is 10.8. The minimum Gasteiger partial charge on any atom is -0.332 e. The normalized spacial score (nSPS) is 19.3. The number of carbonyl (C=O) groups excluding carboxylic acids is 1. The molecule has 0 unspecified atom stereocenters. The van der Waals surface area contributed by atoms with Crippen LogP contribution in [0.5, 0.6) is 0 Å². The van der Waals surface area contributed by atoms with E-state index in [1.165, 1.54) is 11.1 Å². The van der Waals surface area contributed by atoms with E-state index < -0.39 is 12.5 Å². The van der Waals surface area contributed by atoms with E-state index in [1.807, 2.05) is 20.8 Å². The molecule has 1 aliphatic rings. The summed E-state index contributed by atoms with van der Waals surface area (Å²) in [6.07, 6.45) is 2.79. The first-order valence-electron chi connectivity index (χ1n) is 5.91. The highest BCUT2D eigenvalue weighted by molar-refractivity contribution is 5.94. The number of carbonyl (C=O) groups is 1. The van der Waals surface area contributed by atoms with Gasteiger partial charge < -0.3 is 4.90 Å². The van der Waals surface area contributed by atoms with Crippen LogP contribution in [-0.4, -0.2) is 39.6 Å². The number of halogens is 2. The number of aromatic nitrogens is 2. The Hall–Kier alpha value is -1.46. The van der Waals surface area contributed by atoms with Gasteiger partial charge in [0.15, 0.2) is 0 Å². The molecular weight excluding hydrogens is 240 g/mol. The molecule has 1 aromatic heterocycles. The molecule has 0 saturated carbocycles.